The van der Waals surface area contributed by atoms with Gasteiger partial charge in [-0.1, -0.05) is 48.9 Å². The Morgan fingerprint density at radius 3 is 2.52 bits per heavy atom. The van der Waals surface area contributed by atoms with E-state index in [9.17, 15) is 9.59 Å². The highest BCUT2D eigenvalue weighted by atomic mass is 16.2. The Kier molecular flexibility index (Phi) is 6.83. The number of carbonyl (C=O) groups is 2. The number of nitrogens with zero attached hydrogens (tertiary/aromatic N) is 2. The second kappa shape index (κ2) is 10.1. The Labute approximate surface area is 193 Å². The van der Waals surface area contributed by atoms with E-state index in [1.165, 1.54) is 5.56 Å². The van der Waals surface area contributed by atoms with Crippen molar-refractivity contribution in [1.29, 1.82) is 0 Å². The van der Waals surface area contributed by atoms with Gasteiger partial charge in [-0.2, -0.15) is 0 Å². The number of hydrogen-bond acceptors (Lipinski definition) is 3. The van der Waals surface area contributed by atoms with Crippen LogP contribution in [-0.4, -0.2) is 27.9 Å². The Balaban J connectivity index is 1.45. The molecule has 0 atom stereocenters. The highest BCUT2D eigenvalue weighted by Gasteiger charge is 2.14. The Morgan fingerprint density at radius 1 is 0.970 bits per heavy atom. The number of anilines is 1. The average Bonchev–Trinajstić information content (AvgIpc) is 3.16. The van der Waals surface area contributed by atoms with Crippen LogP contribution in [0.25, 0.3) is 11.0 Å². The van der Waals surface area contributed by atoms with Crippen molar-refractivity contribution in [2.75, 3.05) is 11.9 Å². The minimum absolute atomic E-state index is 0.116. The molecule has 33 heavy (non-hydrogen) atoms. The third-order valence-electron chi connectivity index (χ3n) is 5.60. The van der Waals surface area contributed by atoms with E-state index in [2.05, 4.69) is 17.6 Å². The van der Waals surface area contributed by atoms with Crippen molar-refractivity contribution >= 4 is 28.5 Å². The van der Waals surface area contributed by atoms with Crippen molar-refractivity contribution in [2.24, 2.45) is 0 Å². The molecule has 0 radical (unpaired) electrons. The third-order valence-corrected chi connectivity index (χ3v) is 5.60. The van der Waals surface area contributed by atoms with E-state index in [0.29, 0.717) is 18.5 Å². The first-order chi connectivity index (χ1) is 16.0. The van der Waals surface area contributed by atoms with E-state index < -0.39 is 0 Å². The number of imidazole rings is 1. The standard InChI is InChI=1S/C27H28N4O2/c1-3-20-11-13-22(14-12-20)29-26(32)18-31-24-10-5-4-9-23(24)30-25(31)15-16-28-27(33)21-8-6-7-19(2)17-21/h4-14,17H,3,15-16,18H2,1-2H3,(H,28,33)(H,29,32). The van der Waals surface area contributed by atoms with Gasteiger partial charge in [0.15, 0.2) is 0 Å². The number of rotatable bonds is 8. The fourth-order valence-corrected chi connectivity index (χ4v) is 3.84. The van der Waals surface area contributed by atoms with E-state index in [1.54, 1.807) is 6.07 Å². The fourth-order valence-electron chi connectivity index (χ4n) is 3.84. The molecule has 2 N–H and O–H groups in total. The summed E-state index contributed by atoms with van der Waals surface area (Å²) >= 11 is 0. The summed E-state index contributed by atoms with van der Waals surface area (Å²) in [7, 11) is 0. The van der Waals surface area contributed by atoms with Crippen LogP contribution in [-0.2, 0) is 24.2 Å². The average molecular weight is 441 g/mol. The van der Waals surface area contributed by atoms with Crippen molar-refractivity contribution < 1.29 is 9.59 Å². The number of para-hydroxylation sites is 2. The zero-order valence-corrected chi connectivity index (χ0v) is 19.0. The number of benzene rings is 3. The Bertz CT molecular complexity index is 1280. The van der Waals surface area contributed by atoms with Gasteiger partial charge < -0.3 is 15.2 Å². The lowest BCUT2D eigenvalue weighted by Gasteiger charge is -2.11. The molecule has 1 aromatic heterocycles. The van der Waals surface area contributed by atoms with Gasteiger partial charge in [0.2, 0.25) is 5.91 Å². The maximum atomic E-state index is 12.8. The number of fused-ring (bicyclic) bond motifs is 1. The molecule has 6 heteroatoms. The summed E-state index contributed by atoms with van der Waals surface area (Å²) in [6.07, 6.45) is 1.48. The van der Waals surface area contributed by atoms with Crippen LogP contribution in [0.15, 0.2) is 72.8 Å². The summed E-state index contributed by atoms with van der Waals surface area (Å²) in [6.45, 7) is 4.64. The largest absolute Gasteiger partial charge is 0.352 e. The van der Waals surface area contributed by atoms with Gasteiger partial charge in [-0.05, 0) is 55.3 Å². The van der Waals surface area contributed by atoms with Gasteiger partial charge in [0.05, 0.1) is 11.0 Å². The molecule has 4 rings (SSSR count). The van der Waals surface area contributed by atoms with Gasteiger partial charge in [-0.25, -0.2) is 4.98 Å². The van der Waals surface area contributed by atoms with Crippen LogP contribution >= 0.6 is 0 Å². The zero-order chi connectivity index (χ0) is 23.2. The normalized spacial score (nSPS) is 10.8. The second-order valence-corrected chi connectivity index (χ2v) is 8.08. The first kappa shape index (κ1) is 22.3. The SMILES string of the molecule is CCc1ccc(NC(=O)Cn2c(CCNC(=O)c3cccc(C)c3)nc3ccccc32)cc1. The van der Waals surface area contributed by atoms with E-state index in [0.717, 1.165) is 34.5 Å². The van der Waals surface area contributed by atoms with E-state index >= 15 is 0 Å². The third kappa shape index (κ3) is 5.47. The summed E-state index contributed by atoms with van der Waals surface area (Å²) in [5.74, 6) is 0.527. The molecule has 4 aromatic rings. The van der Waals surface area contributed by atoms with E-state index in [4.69, 9.17) is 4.98 Å². The molecule has 0 spiro atoms. The van der Waals surface area contributed by atoms with Crippen LogP contribution in [0, 0.1) is 6.92 Å². The monoisotopic (exact) mass is 440 g/mol. The predicted molar refractivity (Wildman–Crippen MR) is 131 cm³/mol. The van der Waals surface area contributed by atoms with Gasteiger partial charge in [0.25, 0.3) is 5.91 Å². The van der Waals surface area contributed by atoms with Gasteiger partial charge in [0, 0.05) is 24.2 Å². The Hall–Kier alpha value is -3.93. The van der Waals surface area contributed by atoms with Crippen LogP contribution in [0.2, 0.25) is 0 Å². The molecule has 2 amide bonds. The number of nitrogens with one attached hydrogen (secondary N) is 2. The summed E-state index contributed by atoms with van der Waals surface area (Å²) in [4.78, 5) is 30.0. The number of carbonyl (C=O) groups excluding carboxylic acids is 2. The summed E-state index contributed by atoms with van der Waals surface area (Å²) < 4.78 is 1.92. The Morgan fingerprint density at radius 2 is 1.76 bits per heavy atom. The molecular weight excluding hydrogens is 412 g/mol. The molecule has 0 bridgehead atoms. The molecule has 3 aromatic carbocycles. The molecule has 168 valence electrons. The smallest absolute Gasteiger partial charge is 0.251 e. The minimum atomic E-state index is -0.118. The van der Waals surface area contributed by atoms with Crippen molar-refractivity contribution in [3.8, 4) is 0 Å². The van der Waals surface area contributed by atoms with Crippen LogP contribution in [0.1, 0.15) is 34.2 Å². The summed E-state index contributed by atoms with van der Waals surface area (Å²) in [5, 5.41) is 5.92. The number of hydrogen-bond donors (Lipinski definition) is 2. The fraction of sp³-hybridized carbons (Fsp3) is 0.222. The van der Waals surface area contributed by atoms with Crippen LogP contribution < -0.4 is 10.6 Å². The van der Waals surface area contributed by atoms with Crippen molar-refractivity contribution in [2.45, 2.75) is 33.2 Å². The van der Waals surface area contributed by atoms with Crippen molar-refractivity contribution in [1.82, 2.24) is 14.9 Å². The van der Waals surface area contributed by atoms with Crippen molar-refractivity contribution in [3.63, 3.8) is 0 Å². The van der Waals surface area contributed by atoms with Gasteiger partial charge in [-0.15, -0.1) is 0 Å². The van der Waals surface area contributed by atoms with Crippen molar-refractivity contribution in [3.05, 3.63) is 95.3 Å². The quantitative estimate of drug-likeness (QED) is 0.423. The van der Waals surface area contributed by atoms with Crippen LogP contribution in [0.4, 0.5) is 5.69 Å². The maximum Gasteiger partial charge on any atom is 0.251 e. The molecule has 0 saturated heterocycles. The molecular formula is C27H28N4O2. The maximum absolute atomic E-state index is 12.8. The summed E-state index contributed by atoms with van der Waals surface area (Å²) in [5.41, 5.74) is 5.40. The van der Waals surface area contributed by atoms with Crippen LogP contribution in [0.5, 0.6) is 0 Å². The van der Waals surface area contributed by atoms with E-state index in [1.807, 2.05) is 78.2 Å². The lowest BCUT2D eigenvalue weighted by molar-refractivity contribution is -0.116. The number of aryl methyl sites for hydroxylation is 2. The second-order valence-electron chi connectivity index (χ2n) is 8.08. The molecule has 0 aliphatic heterocycles. The molecule has 1 heterocycles. The molecule has 0 saturated carbocycles. The van der Waals surface area contributed by atoms with Gasteiger partial charge >= 0.3 is 0 Å². The first-order valence-corrected chi connectivity index (χ1v) is 11.2. The number of amides is 2. The topological polar surface area (TPSA) is 76.0 Å². The highest BCUT2D eigenvalue weighted by Crippen LogP contribution is 2.17. The van der Waals surface area contributed by atoms with E-state index in [-0.39, 0.29) is 18.4 Å². The molecule has 0 aliphatic rings. The lowest BCUT2D eigenvalue weighted by atomic mass is 10.1. The zero-order valence-electron chi connectivity index (χ0n) is 19.0. The minimum Gasteiger partial charge on any atom is -0.352 e. The molecule has 0 unspecified atom stereocenters. The van der Waals surface area contributed by atoms with Gasteiger partial charge in [-0.3, -0.25) is 9.59 Å². The molecule has 0 aliphatic carbocycles. The molecule has 0 fully saturated rings. The first-order valence-electron chi connectivity index (χ1n) is 11.2. The van der Waals surface area contributed by atoms with Crippen LogP contribution in [0.3, 0.4) is 0 Å². The predicted octanol–water partition coefficient (Wildman–Crippen LogP) is 4.52. The lowest BCUT2D eigenvalue weighted by Crippen LogP contribution is -2.27. The van der Waals surface area contributed by atoms with Gasteiger partial charge in [0.1, 0.15) is 12.4 Å². The molecule has 6 nitrogen and oxygen atoms in total. The summed E-state index contributed by atoms with van der Waals surface area (Å²) in [6, 6.07) is 23.1. The number of aromatic nitrogens is 2. The highest BCUT2D eigenvalue weighted by molar-refractivity contribution is 5.94.